The molecule has 7 nitrogen and oxygen atoms in total. The maximum absolute atomic E-state index is 6.76. The molecule has 8 bridgehead atoms. The highest BCUT2D eigenvalue weighted by atomic mass is 16.5. The molecule has 0 aromatic heterocycles. The van der Waals surface area contributed by atoms with Gasteiger partial charge in [-0.3, -0.25) is 0 Å². The predicted octanol–water partition coefficient (Wildman–Crippen LogP) is 10.3. The number of hydrazone groups is 1. The van der Waals surface area contributed by atoms with E-state index >= 15 is 0 Å². The maximum Gasteiger partial charge on any atom is 0.126 e. The van der Waals surface area contributed by atoms with Gasteiger partial charge in [0.25, 0.3) is 0 Å². The summed E-state index contributed by atoms with van der Waals surface area (Å²) in [6.45, 7) is 15.2. The second-order valence-electron chi connectivity index (χ2n) is 14.3. The summed E-state index contributed by atoms with van der Waals surface area (Å²) in [5.74, 6) is 3.86. The molecule has 4 aromatic rings. The summed E-state index contributed by atoms with van der Waals surface area (Å²) in [5, 5.41) is 7.02. The van der Waals surface area contributed by atoms with Crippen LogP contribution in [0.4, 0.5) is 5.69 Å². The van der Waals surface area contributed by atoms with E-state index < -0.39 is 0 Å². The Balaban J connectivity index is 1.57. The number of hydrogen-bond donors (Lipinski definition) is 0. The third-order valence-corrected chi connectivity index (χ3v) is 9.85. The summed E-state index contributed by atoms with van der Waals surface area (Å²) < 4.78 is 26.7. The molecule has 0 N–H and O–H groups in total. The first kappa shape index (κ1) is 38.1. The Morgan fingerprint density at radius 3 is 1.21 bits per heavy atom. The van der Waals surface area contributed by atoms with Crippen LogP contribution in [-0.4, -0.2) is 50.9 Å². The first-order valence-corrected chi connectivity index (χ1v) is 20.1. The minimum Gasteiger partial charge on any atom is -0.493 e. The Labute approximate surface area is 317 Å². The average Bonchev–Trinajstić information content (AvgIpc) is 3.65. The van der Waals surface area contributed by atoms with Gasteiger partial charge in [-0.1, -0.05) is 95.6 Å². The molecule has 53 heavy (non-hydrogen) atoms. The van der Waals surface area contributed by atoms with E-state index in [1.165, 1.54) is 22.3 Å². The van der Waals surface area contributed by atoms with E-state index in [1.54, 1.807) is 0 Å². The number of rotatable bonds is 16. The van der Waals surface area contributed by atoms with Crippen molar-refractivity contribution in [2.75, 3.05) is 44.6 Å². The highest BCUT2D eigenvalue weighted by Crippen LogP contribution is 2.41. The molecule has 4 aromatic carbocycles. The van der Waals surface area contributed by atoms with Crippen LogP contribution in [0.3, 0.4) is 0 Å². The van der Waals surface area contributed by atoms with Crippen molar-refractivity contribution in [2.45, 2.75) is 98.8 Å². The van der Waals surface area contributed by atoms with Gasteiger partial charge in [0.05, 0.1) is 32.1 Å². The van der Waals surface area contributed by atoms with Gasteiger partial charge in [-0.2, -0.15) is 5.10 Å². The summed E-state index contributed by atoms with van der Waals surface area (Å²) in [4.78, 5) is 2.30. The van der Waals surface area contributed by atoms with Crippen LogP contribution in [0.5, 0.6) is 23.0 Å². The van der Waals surface area contributed by atoms with Crippen LogP contribution in [0, 0.1) is 0 Å². The highest BCUT2D eigenvalue weighted by molar-refractivity contribution is 5.66. The smallest absolute Gasteiger partial charge is 0.126 e. The summed E-state index contributed by atoms with van der Waals surface area (Å²) >= 11 is 0. The summed E-state index contributed by atoms with van der Waals surface area (Å²) in [7, 11) is 0. The number of ether oxygens (including phenoxy) is 4. The molecule has 1 aliphatic heterocycles. The van der Waals surface area contributed by atoms with Crippen molar-refractivity contribution in [1.82, 2.24) is 4.90 Å². The van der Waals surface area contributed by atoms with E-state index in [4.69, 9.17) is 24.0 Å². The molecule has 0 radical (unpaired) electrons. The van der Waals surface area contributed by atoms with E-state index in [0.717, 1.165) is 103 Å². The predicted molar refractivity (Wildman–Crippen MR) is 218 cm³/mol. The first-order chi connectivity index (χ1) is 26.1. The second kappa shape index (κ2) is 18.9. The van der Waals surface area contributed by atoms with Crippen LogP contribution < -0.4 is 24.0 Å². The third kappa shape index (κ3) is 9.30. The van der Waals surface area contributed by atoms with Crippen molar-refractivity contribution < 1.29 is 18.9 Å². The summed E-state index contributed by atoms with van der Waals surface area (Å²) in [6, 6.07) is 24.4. The fourth-order valence-electron chi connectivity index (χ4n) is 7.29. The van der Waals surface area contributed by atoms with Crippen molar-refractivity contribution in [3.05, 3.63) is 111 Å². The van der Waals surface area contributed by atoms with E-state index in [-0.39, 0.29) is 0 Å². The second-order valence-corrected chi connectivity index (χ2v) is 14.3. The monoisotopic (exact) mass is 717 g/mol. The minimum absolute atomic E-state index is 0.639. The van der Waals surface area contributed by atoms with Crippen molar-refractivity contribution in [2.24, 2.45) is 5.10 Å². The zero-order valence-electron chi connectivity index (χ0n) is 32.7. The van der Waals surface area contributed by atoms with Gasteiger partial charge in [0.1, 0.15) is 36.0 Å². The van der Waals surface area contributed by atoms with Gasteiger partial charge in [0.15, 0.2) is 0 Å². The Hall–Kier alpha value is -4.65. The van der Waals surface area contributed by atoms with E-state index in [0.29, 0.717) is 52.1 Å². The van der Waals surface area contributed by atoms with Crippen LogP contribution in [-0.2, 0) is 25.7 Å². The molecule has 2 aliphatic rings. The van der Waals surface area contributed by atoms with Crippen LogP contribution in [0.25, 0.3) is 0 Å². The molecule has 0 saturated heterocycles. The van der Waals surface area contributed by atoms with Gasteiger partial charge in [0, 0.05) is 43.4 Å². The number of hydrogen-bond acceptors (Lipinski definition) is 7. The molecule has 0 amide bonds. The lowest BCUT2D eigenvalue weighted by Crippen LogP contribution is -2.27. The zero-order chi connectivity index (χ0) is 37.0. The Kier molecular flexibility index (Phi) is 13.6. The van der Waals surface area contributed by atoms with Crippen molar-refractivity contribution in [3.63, 3.8) is 0 Å². The van der Waals surface area contributed by atoms with Crippen LogP contribution in [0.1, 0.15) is 118 Å². The molecule has 7 heteroatoms. The number of fused-ring (bicyclic) bond motifs is 8. The van der Waals surface area contributed by atoms with E-state index in [1.807, 2.05) is 6.34 Å². The lowest BCUT2D eigenvalue weighted by atomic mass is 9.91. The molecule has 282 valence electrons. The average molecular weight is 718 g/mol. The van der Waals surface area contributed by atoms with Gasteiger partial charge < -0.3 is 23.8 Å². The Morgan fingerprint density at radius 2 is 0.849 bits per heavy atom. The van der Waals surface area contributed by atoms with Crippen molar-refractivity contribution >= 4 is 12.0 Å². The molecule has 0 unspecified atom stereocenters. The SMILES string of the molecule is CCCCN1C=NN(c2cc3c(OCCC)c(c2)Cc2cccc(c2OCCC)Cc2cccc(c2OCCC)Cc2cccc(c2OCCC)C3)C1. The molecule has 0 fully saturated rings. The fourth-order valence-corrected chi connectivity index (χ4v) is 7.29. The van der Waals surface area contributed by atoms with Gasteiger partial charge >= 0.3 is 0 Å². The Morgan fingerprint density at radius 1 is 0.491 bits per heavy atom. The molecule has 6 rings (SSSR count). The summed E-state index contributed by atoms with van der Waals surface area (Å²) in [5.41, 5.74) is 10.3. The van der Waals surface area contributed by atoms with Gasteiger partial charge in [0.2, 0.25) is 0 Å². The normalized spacial score (nSPS) is 13.7. The molecule has 1 heterocycles. The standard InChI is InChI=1S/C46H59N3O4/c1-6-11-21-48-32-47-49(33-48)42-30-40-28-38-19-13-17-36(44(38)51-23-8-3)26-34-15-12-16-35(43(34)50-22-7-2)27-37-18-14-20-39(45(37)52-24-9-4)29-41(31-42)46(40)53-25-10-5/h12-20,30-32H,6-11,21-29,33H2,1-5H3. The first-order valence-electron chi connectivity index (χ1n) is 20.1. The van der Waals surface area contributed by atoms with Gasteiger partial charge in [-0.25, -0.2) is 5.01 Å². The van der Waals surface area contributed by atoms with E-state index in [2.05, 4.69) is 111 Å². The number of unbranched alkanes of at least 4 members (excludes halogenated alkanes) is 1. The number of anilines is 1. The topological polar surface area (TPSA) is 55.8 Å². The zero-order valence-corrected chi connectivity index (χ0v) is 32.7. The number of benzene rings is 4. The van der Waals surface area contributed by atoms with Crippen LogP contribution >= 0.6 is 0 Å². The van der Waals surface area contributed by atoms with Crippen molar-refractivity contribution in [1.29, 1.82) is 0 Å². The molecule has 0 saturated carbocycles. The van der Waals surface area contributed by atoms with Crippen LogP contribution in [0.2, 0.25) is 0 Å². The molecule has 1 aliphatic carbocycles. The van der Waals surface area contributed by atoms with Crippen molar-refractivity contribution in [3.8, 4) is 23.0 Å². The van der Waals surface area contributed by atoms with Crippen LogP contribution in [0.15, 0.2) is 71.8 Å². The fraction of sp³-hybridized carbons (Fsp3) is 0.457. The largest absolute Gasteiger partial charge is 0.493 e. The van der Waals surface area contributed by atoms with E-state index in [9.17, 15) is 0 Å². The molecular formula is C46H59N3O4. The third-order valence-electron chi connectivity index (χ3n) is 9.85. The number of para-hydroxylation sites is 3. The maximum atomic E-state index is 6.76. The van der Waals surface area contributed by atoms with Gasteiger partial charge in [-0.05, 0) is 77.6 Å². The lowest BCUT2D eigenvalue weighted by Gasteiger charge is -2.25. The molecule has 0 spiro atoms. The molecule has 0 atom stereocenters. The number of nitrogens with zero attached hydrogens (tertiary/aromatic N) is 3. The molecular weight excluding hydrogens is 659 g/mol. The lowest BCUT2D eigenvalue weighted by molar-refractivity contribution is 0.304. The van der Waals surface area contributed by atoms with Gasteiger partial charge in [-0.15, -0.1) is 0 Å². The summed E-state index contributed by atoms with van der Waals surface area (Å²) in [6.07, 6.45) is 10.8. The highest BCUT2D eigenvalue weighted by Gasteiger charge is 2.24. The Bertz CT molecular complexity index is 1730. The minimum atomic E-state index is 0.639. The quantitative estimate of drug-likeness (QED) is 0.101.